The average molecular weight is 283 g/mol. The van der Waals surface area contributed by atoms with E-state index in [-0.39, 0.29) is 23.2 Å². The van der Waals surface area contributed by atoms with Crippen molar-refractivity contribution in [1.82, 2.24) is 5.32 Å². The fraction of sp³-hybridized carbons (Fsp3) is 0.278. The molecule has 0 aliphatic heterocycles. The van der Waals surface area contributed by atoms with E-state index in [1.54, 1.807) is 12.1 Å². The van der Waals surface area contributed by atoms with Crippen molar-refractivity contribution in [2.75, 3.05) is 0 Å². The number of carbonyl (C=O) groups excluding carboxylic acids is 1. The Morgan fingerprint density at radius 3 is 2.29 bits per heavy atom. The van der Waals surface area contributed by atoms with Crippen LogP contribution in [-0.4, -0.2) is 5.91 Å². The van der Waals surface area contributed by atoms with Gasteiger partial charge in [-0.25, -0.2) is 4.39 Å². The number of amides is 1. The van der Waals surface area contributed by atoms with Crippen LogP contribution in [0.1, 0.15) is 36.9 Å². The molecule has 3 heteroatoms. The zero-order valence-electron chi connectivity index (χ0n) is 12.0. The summed E-state index contributed by atoms with van der Waals surface area (Å²) in [5.41, 5.74) is 1.62. The van der Waals surface area contributed by atoms with Gasteiger partial charge < -0.3 is 5.32 Å². The monoisotopic (exact) mass is 283 g/mol. The molecule has 1 aliphatic rings. The van der Waals surface area contributed by atoms with Gasteiger partial charge in [-0.2, -0.15) is 0 Å². The first-order valence-corrected chi connectivity index (χ1v) is 7.24. The van der Waals surface area contributed by atoms with Crippen molar-refractivity contribution in [1.29, 1.82) is 0 Å². The summed E-state index contributed by atoms with van der Waals surface area (Å²) < 4.78 is 12.9. The minimum absolute atomic E-state index is 0.0607. The summed E-state index contributed by atoms with van der Waals surface area (Å²) >= 11 is 0. The Bertz CT molecular complexity index is 632. The fourth-order valence-corrected chi connectivity index (χ4v) is 2.70. The Balaban J connectivity index is 1.73. The van der Waals surface area contributed by atoms with E-state index in [1.807, 2.05) is 37.3 Å². The zero-order valence-corrected chi connectivity index (χ0v) is 12.0. The third-order valence-electron chi connectivity index (χ3n) is 4.23. The van der Waals surface area contributed by atoms with Gasteiger partial charge in [0.1, 0.15) is 5.82 Å². The van der Waals surface area contributed by atoms with E-state index in [2.05, 4.69) is 5.32 Å². The summed E-state index contributed by atoms with van der Waals surface area (Å²) in [7, 11) is 0. The molecule has 1 saturated carbocycles. The smallest absolute Gasteiger partial charge is 0.231 e. The fourth-order valence-electron chi connectivity index (χ4n) is 2.70. The van der Waals surface area contributed by atoms with Gasteiger partial charge in [-0.05, 0) is 43.0 Å². The van der Waals surface area contributed by atoms with Crippen LogP contribution in [0.4, 0.5) is 4.39 Å². The van der Waals surface area contributed by atoms with E-state index in [0.717, 1.165) is 24.0 Å². The Labute approximate surface area is 124 Å². The van der Waals surface area contributed by atoms with Crippen molar-refractivity contribution >= 4 is 5.91 Å². The van der Waals surface area contributed by atoms with Crippen LogP contribution in [0.5, 0.6) is 0 Å². The Hall–Kier alpha value is -2.16. The van der Waals surface area contributed by atoms with Crippen LogP contribution in [0.3, 0.4) is 0 Å². The topological polar surface area (TPSA) is 29.1 Å². The number of halogens is 1. The average Bonchev–Trinajstić information content (AvgIpc) is 3.30. The Morgan fingerprint density at radius 2 is 1.71 bits per heavy atom. The number of benzene rings is 2. The van der Waals surface area contributed by atoms with Gasteiger partial charge in [0.15, 0.2) is 0 Å². The number of hydrogen-bond donors (Lipinski definition) is 1. The van der Waals surface area contributed by atoms with Crippen molar-refractivity contribution in [2.24, 2.45) is 0 Å². The molecule has 1 aliphatic carbocycles. The van der Waals surface area contributed by atoms with Crippen molar-refractivity contribution < 1.29 is 9.18 Å². The van der Waals surface area contributed by atoms with Gasteiger partial charge in [-0.3, -0.25) is 4.79 Å². The molecule has 1 fully saturated rings. The first-order valence-electron chi connectivity index (χ1n) is 7.24. The highest BCUT2D eigenvalue weighted by Gasteiger charge is 2.51. The molecule has 108 valence electrons. The molecule has 2 nitrogen and oxygen atoms in total. The van der Waals surface area contributed by atoms with Crippen molar-refractivity contribution in [3.8, 4) is 0 Å². The predicted molar refractivity (Wildman–Crippen MR) is 80.3 cm³/mol. The number of rotatable bonds is 4. The highest BCUT2D eigenvalue weighted by molar-refractivity contribution is 5.91. The summed E-state index contributed by atoms with van der Waals surface area (Å²) in [5, 5.41) is 3.06. The molecule has 1 N–H and O–H groups in total. The standard InChI is InChI=1S/C18H18FNO/c1-13(14-7-9-16(19)10-8-14)20-17(21)18(11-12-18)15-5-3-2-4-6-15/h2-10,13H,11-12H2,1H3,(H,20,21). The number of nitrogens with one attached hydrogen (secondary N) is 1. The molecule has 0 radical (unpaired) electrons. The molecule has 0 aromatic heterocycles. The highest BCUT2D eigenvalue weighted by atomic mass is 19.1. The highest BCUT2D eigenvalue weighted by Crippen LogP contribution is 2.48. The predicted octanol–water partition coefficient (Wildman–Crippen LogP) is 3.73. The maximum absolute atomic E-state index is 12.9. The second kappa shape index (κ2) is 5.32. The summed E-state index contributed by atoms with van der Waals surface area (Å²) in [6.45, 7) is 1.92. The third kappa shape index (κ3) is 2.68. The molecule has 0 spiro atoms. The maximum Gasteiger partial charge on any atom is 0.231 e. The lowest BCUT2D eigenvalue weighted by atomic mass is 9.94. The van der Waals surface area contributed by atoms with Crippen LogP contribution in [0.25, 0.3) is 0 Å². The molecule has 0 bridgehead atoms. The van der Waals surface area contributed by atoms with Gasteiger partial charge in [0, 0.05) is 0 Å². The molecule has 3 rings (SSSR count). The van der Waals surface area contributed by atoms with E-state index >= 15 is 0 Å². The van der Waals surface area contributed by atoms with Gasteiger partial charge in [0.05, 0.1) is 11.5 Å². The molecule has 21 heavy (non-hydrogen) atoms. The third-order valence-corrected chi connectivity index (χ3v) is 4.23. The van der Waals surface area contributed by atoms with Crippen LogP contribution in [0, 0.1) is 5.82 Å². The quantitative estimate of drug-likeness (QED) is 0.910. The van der Waals surface area contributed by atoms with Crippen molar-refractivity contribution in [2.45, 2.75) is 31.2 Å². The SMILES string of the molecule is CC(NC(=O)C1(c2ccccc2)CC1)c1ccc(F)cc1. The lowest BCUT2D eigenvalue weighted by Gasteiger charge is -2.20. The van der Waals surface area contributed by atoms with E-state index in [9.17, 15) is 9.18 Å². The molecule has 0 heterocycles. The molecule has 1 atom stereocenters. The molecule has 0 saturated heterocycles. The first-order chi connectivity index (χ1) is 10.1. The summed E-state index contributed by atoms with van der Waals surface area (Å²) in [4.78, 5) is 12.6. The number of carbonyl (C=O) groups is 1. The Morgan fingerprint density at radius 1 is 1.10 bits per heavy atom. The largest absolute Gasteiger partial charge is 0.349 e. The van der Waals surface area contributed by atoms with E-state index < -0.39 is 0 Å². The molecular formula is C18H18FNO. The van der Waals surface area contributed by atoms with Gasteiger partial charge in [0.25, 0.3) is 0 Å². The minimum Gasteiger partial charge on any atom is -0.349 e. The van der Waals surface area contributed by atoms with E-state index in [4.69, 9.17) is 0 Å². The van der Waals surface area contributed by atoms with Gasteiger partial charge in [-0.15, -0.1) is 0 Å². The molecule has 2 aromatic rings. The number of hydrogen-bond acceptors (Lipinski definition) is 1. The van der Waals surface area contributed by atoms with Gasteiger partial charge in [0.2, 0.25) is 5.91 Å². The van der Waals surface area contributed by atoms with Crippen LogP contribution < -0.4 is 5.32 Å². The molecule has 2 aromatic carbocycles. The van der Waals surface area contributed by atoms with Crippen LogP contribution in [0.15, 0.2) is 54.6 Å². The van der Waals surface area contributed by atoms with E-state index in [1.165, 1.54) is 12.1 Å². The molecular weight excluding hydrogens is 265 g/mol. The van der Waals surface area contributed by atoms with Crippen LogP contribution in [-0.2, 0) is 10.2 Å². The van der Waals surface area contributed by atoms with Gasteiger partial charge >= 0.3 is 0 Å². The Kier molecular flexibility index (Phi) is 3.50. The second-order valence-corrected chi connectivity index (χ2v) is 5.69. The molecule has 1 amide bonds. The van der Waals surface area contributed by atoms with Gasteiger partial charge in [-0.1, -0.05) is 42.5 Å². The van der Waals surface area contributed by atoms with Crippen molar-refractivity contribution in [3.63, 3.8) is 0 Å². The lowest BCUT2D eigenvalue weighted by Crippen LogP contribution is -2.36. The van der Waals surface area contributed by atoms with Crippen molar-refractivity contribution in [3.05, 3.63) is 71.5 Å². The zero-order chi connectivity index (χ0) is 14.9. The molecule has 1 unspecified atom stereocenters. The minimum atomic E-state index is -0.366. The lowest BCUT2D eigenvalue weighted by molar-refractivity contribution is -0.124. The summed E-state index contributed by atoms with van der Waals surface area (Å²) in [6, 6.07) is 16.0. The first kappa shape index (κ1) is 13.8. The summed E-state index contributed by atoms with van der Waals surface area (Å²) in [5.74, 6) is -0.203. The van der Waals surface area contributed by atoms with Crippen LogP contribution >= 0.6 is 0 Å². The van der Waals surface area contributed by atoms with Crippen LogP contribution in [0.2, 0.25) is 0 Å². The maximum atomic E-state index is 12.9. The normalized spacial score (nSPS) is 17.0. The summed E-state index contributed by atoms with van der Waals surface area (Å²) in [6.07, 6.45) is 1.78. The second-order valence-electron chi connectivity index (χ2n) is 5.69. The van der Waals surface area contributed by atoms with E-state index in [0.29, 0.717) is 0 Å².